The van der Waals surface area contributed by atoms with Crippen molar-refractivity contribution in [2.45, 2.75) is 6.54 Å². The zero-order chi connectivity index (χ0) is 8.81. The van der Waals surface area contributed by atoms with Gasteiger partial charge in [0.25, 0.3) is 0 Å². The molecule has 0 atom stereocenters. The van der Waals surface area contributed by atoms with Crippen molar-refractivity contribution in [2.75, 3.05) is 12.3 Å². The van der Waals surface area contributed by atoms with Crippen LogP contribution in [0.5, 0.6) is 0 Å². The average molecular weight is 186 g/mol. The van der Waals surface area contributed by atoms with E-state index in [1.165, 1.54) is 12.3 Å². The zero-order valence-corrected chi connectivity index (χ0v) is 7.52. The number of hydrogen-bond donors (Lipinski definition) is 2. The normalized spacial score (nSPS) is 10.2. The van der Waals surface area contributed by atoms with Crippen LogP contribution < -0.4 is 5.32 Å². The van der Waals surface area contributed by atoms with Crippen LogP contribution in [0.3, 0.4) is 0 Å². The number of pyridine rings is 1. The molecule has 1 N–H and O–H groups in total. The Morgan fingerprint density at radius 3 is 2.92 bits per heavy atom. The van der Waals surface area contributed by atoms with Crippen LogP contribution in [-0.4, -0.2) is 17.3 Å². The molecule has 1 rings (SSSR count). The predicted molar refractivity (Wildman–Crippen MR) is 49.8 cm³/mol. The maximum Gasteiger partial charge on any atom is 0.212 e. The highest BCUT2D eigenvalue weighted by molar-refractivity contribution is 7.80. The molecule has 1 aromatic rings. The molecule has 12 heavy (non-hydrogen) atoms. The van der Waals surface area contributed by atoms with E-state index in [9.17, 15) is 4.39 Å². The van der Waals surface area contributed by atoms with Crippen LogP contribution in [0, 0.1) is 5.95 Å². The largest absolute Gasteiger partial charge is 0.312 e. The van der Waals surface area contributed by atoms with Crippen LogP contribution in [-0.2, 0) is 6.54 Å². The summed E-state index contributed by atoms with van der Waals surface area (Å²) >= 11 is 4.05. The molecule has 0 amide bonds. The van der Waals surface area contributed by atoms with Gasteiger partial charge in [0.05, 0.1) is 0 Å². The van der Waals surface area contributed by atoms with E-state index in [0.717, 1.165) is 17.9 Å². The summed E-state index contributed by atoms with van der Waals surface area (Å²) in [6.07, 6.45) is 1.53. The third-order valence-corrected chi connectivity index (χ3v) is 1.63. The molecule has 0 aliphatic heterocycles. The Kier molecular flexibility index (Phi) is 4.04. The number of aromatic nitrogens is 1. The smallest absolute Gasteiger partial charge is 0.212 e. The van der Waals surface area contributed by atoms with Gasteiger partial charge in [0.15, 0.2) is 0 Å². The summed E-state index contributed by atoms with van der Waals surface area (Å²) in [5.41, 5.74) is 0.984. The van der Waals surface area contributed by atoms with Gasteiger partial charge in [0.1, 0.15) is 0 Å². The molecule has 0 bridgehead atoms. The van der Waals surface area contributed by atoms with Crippen LogP contribution in [0.25, 0.3) is 0 Å². The first-order chi connectivity index (χ1) is 5.83. The van der Waals surface area contributed by atoms with Gasteiger partial charge in [-0.25, -0.2) is 4.98 Å². The van der Waals surface area contributed by atoms with Crippen molar-refractivity contribution in [3.05, 3.63) is 29.8 Å². The minimum absolute atomic E-state index is 0.437. The third kappa shape index (κ3) is 3.19. The lowest BCUT2D eigenvalue weighted by Crippen LogP contribution is -2.15. The number of thiol groups is 1. The van der Waals surface area contributed by atoms with E-state index < -0.39 is 5.95 Å². The standard InChI is InChI=1S/C8H11FN2S/c9-8-2-1-7(6-11-8)5-10-3-4-12/h1-2,6,10,12H,3-5H2. The zero-order valence-electron chi connectivity index (χ0n) is 6.63. The molecule has 0 aliphatic rings. The Morgan fingerprint density at radius 1 is 1.50 bits per heavy atom. The Morgan fingerprint density at radius 2 is 2.33 bits per heavy atom. The number of rotatable bonds is 4. The van der Waals surface area contributed by atoms with E-state index in [4.69, 9.17) is 0 Å². The fourth-order valence-electron chi connectivity index (χ4n) is 0.823. The van der Waals surface area contributed by atoms with Gasteiger partial charge in [0, 0.05) is 25.0 Å². The molecule has 66 valence electrons. The first kappa shape index (κ1) is 9.48. The van der Waals surface area contributed by atoms with Gasteiger partial charge in [-0.2, -0.15) is 17.0 Å². The van der Waals surface area contributed by atoms with E-state index >= 15 is 0 Å². The van der Waals surface area contributed by atoms with Gasteiger partial charge in [-0.15, -0.1) is 0 Å². The van der Waals surface area contributed by atoms with Gasteiger partial charge < -0.3 is 5.32 Å². The van der Waals surface area contributed by atoms with Gasteiger partial charge in [-0.1, -0.05) is 6.07 Å². The van der Waals surface area contributed by atoms with Crippen molar-refractivity contribution in [3.8, 4) is 0 Å². The summed E-state index contributed by atoms with van der Waals surface area (Å²) in [5.74, 6) is 0.363. The van der Waals surface area contributed by atoms with E-state index in [-0.39, 0.29) is 0 Å². The van der Waals surface area contributed by atoms with Gasteiger partial charge >= 0.3 is 0 Å². The van der Waals surface area contributed by atoms with E-state index in [0.29, 0.717) is 6.54 Å². The molecule has 0 saturated heterocycles. The van der Waals surface area contributed by atoms with Crippen molar-refractivity contribution in [3.63, 3.8) is 0 Å². The maximum atomic E-state index is 12.3. The molecule has 0 aromatic carbocycles. The minimum Gasteiger partial charge on any atom is -0.312 e. The molecule has 0 unspecified atom stereocenters. The van der Waals surface area contributed by atoms with Crippen LogP contribution in [0.4, 0.5) is 4.39 Å². The second-order valence-corrected chi connectivity index (χ2v) is 2.84. The highest BCUT2D eigenvalue weighted by atomic mass is 32.1. The second kappa shape index (κ2) is 5.11. The summed E-state index contributed by atoms with van der Waals surface area (Å²) in [6.45, 7) is 1.56. The third-order valence-electron chi connectivity index (χ3n) is 1.41. The average Bonchev–Trinajstić information content (AvgIpc) is 2.09. The monoisotopic (exact) mass is 186 g/mol. The minimum atomic E-state index is -0.437. The molecule has 0 radical (unpaired) electrons. The van der Waals surface area contributed by atoms with E-state index in [1.54, 1.807) is 6.07 Å². The first-order valence-corrected chi connectivity index (χ1v) is 4.38. The highest BCUT2D eigenvalue weighted by Gasteiger charge is 1.93. The Bertz CT molecular complexity index is 225. The molecule has 4 heteroatoms. The SMILES string of the molecule is Fc1ccc(CNCCS)cn1. The van der Waals surface area contributed by atoms with Gasteiger partial charge in [-0.3, -0.25) is 0 Å². The van der Waals surface area contributed by atoms with E-state index in [2.05, 4.69) is 22.9 Å². The van der Waals surface area contributed by atoms with Gasteiger partial charge in [0.2, 0.25) is 5.95 Å². The highest BCUT2D eigenvalue weighted by Crippen LogP contribution is 1.97. The van der Waals surface area contributed by atoms with Crippen molar-refractivity contribution in [2.24, 2.45) is 0 Å². The van der Waals surface area contributed by atoms with Gasteiger partial charge in [-0.05, 0) is 11.6 Å². The predicted octanol–water partition coefficient (Wildman–Crippen LogP) is 1.24. The molecule has 1 aromatic heterocycles. The molecular formula is C8H11FN2S. The molecule has 0 aliphatic carbocycles. The Hall–Kier alpha value is -0.610. The van der Waals surface area contributed by atoms with Crippen LogP contribution in [0.15, 0.2) is 18.3 Å². The fourth-order valence-corrected chi connectivity index (χ4v) is 0.981. The number of nitrogens with one attached hydrogen (secondary N) is 1. The second-order valence-electron chi connectivity index (χ2n) is 2.39. The summed E-state index contributed by atoms with van der Waals surface area (Å²) in [7, 11) is 0. The van der Waals surface area contributed by atoms with Crippen LogP contribution in [0.1, 0.15) is 5.56 Å². The van der Waals surface area contributed by atoms with Crippen molar-refractivity contribution >= 4 is 12.6 Å². The van der Waals surface area contributed by atoms with Crippen molar-refractivity contribution in [1.82, 2.24) is 10.3 Å². The lowest BCUT2D eigenvalue weighted by atomic mass is 10.3. The molecule has 1 heterocycles. The molecule has 0 spiro atoms. The maximum absolute atomic E-state index is 12.3. The topological polar surface area (TPSA) is 24.9 Å². The number of nitrogens with zero attached hydrogens (tertiary/aromatic N) is 1. The lowest BCUT2D eigenvalue weighted by Gasteiger charge is -2.01. The summed E-state index contributed by atoms with van der Waals surface area (Å²) in [4.78, 5) is 3.53. The molecule has 0 saturated carbocycles. The Labute approximate surface area is 76.6 Å². The van der Waals surface area contributed by atoms with Crippen LogP contribution in [0.2, 0.25) is 0 Å². The summed E-state index contributed by atoms with van der Waals surface area (Å²) in [6, 6.07) is 3.07. The summed E-state index contributed by atoms with van der Waals surface area (Å²) < 4.78 is 12.3. The molecule has 0 fully saturated rings. The fraction of sp³-hybridized carbons (Fsp3) is 0.375. The van der Waals surface area contributed by atoms with Crippen molar-refractivity contribution in [1.29, 1.82) is 0 Å². The lowest BCUT2D eigenvalue weighted by molar-refractivity contribution is 0.581. The van der Waals surface area contributed by atoms with E-state index in [1.807, 2.05) is 0 Å². The van der Waals surface area contributed by atoms with Crippen LogP contribution >= 0.6 is 12.6 Å². The number of halogens is 1. The first-order valence-electron chi connectivity index (χ1n) is 3.75. The summed E-state index contributed by atoms with van der Waals surface area (Å²) in [5, 5.41) is 3.13. The van der Waals surface area contributed by atoms with Crippen molar-refractivity contribution < 1.29 is 4.39 Å². The quantitative estimate of drug-likeness (QED) is 0.420. The Balaban J connectivity index is 2.37. The number of hydrogen-bond acceptors (Lipinski definition) is 3. The molecule has 2 nitrogen and oxygen atoms in total. The molecular weight excluding hydrogens is 175 g/mol.